The monoisotopic (exact) mass is 278 g/mol. The summed E-state index contributed by atoms with van der Waals surface area (Å²) in [6, 6.07) is 5.40. The molecule has 1 aromatic carbocycles. The Morgan fingerprint density at radius 2 is 1.72 bits per heavy atom. The van der Waals surface area contributed by atoms with Crippen molar-refractivity contribution in [3.63, 3.8) is 0 Å². The Kier molecular flexibility index (Phi) is 4.51. The molecule has 6 heteroatoms. The molecule has 0 saturated heterocycles. The highest BCUT2D eigenvalue weighted by Gasteiger charge is 2.44. The summed E-state index contributed by atoms with van der Waals surface area (Å²) in [6.45, 7) is 1.15. The number of Topliss-reactive ketones (excluding diaryl/α,β-unsaturated/α-hetero) is 2. The number of ketones is 2. The summed E-state index contributed by atoms with van der Waals surface area (Å²) in [5.41, 5.74) is 0.136. The standard InChI is InChI=1S/C12H10ClF3O2/c1-7(17)6-10(11(18)12(14,15)16)8-2-4-9(13)5-3-8/h2-5,10H,6H2,1H3. The predicted molar refractivity (Wildman–Crippen MR) is 60.6 cm³/mol. The second-order valence-corrected chi connectivity index (χ2v) is 4.31. The van der Waals surface area contributed by atoms with Gasteiger partial charge in [0.15, 0.2) is 0 Å². The minimum Gasteiger partial charge on any atom is -0.300 e. The van der Waals surface area contributed by atoms with Crippen LogP contribution in [-0.2, 0) is 9.59 Å². The largest absolute Gasteiger partial charge is 0.450 e. The highest BCUT2D eigenvalue weighted by atomic mass is 35.5. The molecule has 1 rings (SSSR count). The molecular weight excluding hydrogens is 269 g/mol. The van der Waals surface area contributed by atoms with Crippen molar-refractivity contribution in [1.82, 2.24) is 0 Å². The zero-order chi connectivity index (χ0) is 13.9. The van der Waals surface area contributed by atoms with Gasteiger partial charge in [-0.3, -0.25) is 9.59 Å². The average Bonchev–Trinajstić information content (AvgIpc) is 2.25. The second kappa shape index (κ2) is 5.52. The van der Waals surface area contributed by atoms with E-state index in [1.807, 2.05) is 0 Å². The van der Waals surface area contributed by atoms with Crippen molar-refractivity contribution < 1.29 is 22.8 Å². The van der Waals surface area contributed by atoms with Gasteiger partial charge in [-0.2, -0.15) is 13.2 Å². The Morgan fingerprint density at radius 3 is 2.11 bits per heavy atom. The number of carbonyl (C=O) groups excluding carboxylic acids is 2. The second-order valence-electron chi connectivity index (χ2n) is 3.87. The molecule has 0 amide bonds. The van der Waals surface area contributed by atoms with Gasteiger partial charge in [0.1, 0.15) is 5.78 Å². The number of halogens is 4. The van der Waals surface area contributed by atoms with E-state index in [9.17, 15) is 22.8 Å². The Hall–Kier alpha value is -1.36. The maximum absolute atomic E-state index is 12.4. The highest BCUT2D eigenvalue weighted by molar-refractivity contribution is 6.30. The van der Waals surface area contributed by atoms with Crippen LogP contribution in [0.3, 0.4) is 0 Å². The molecule has 2 nitrogen and oxygen atoms in total. The number of alkyl halides is 3. The zero-order valence-corrected chi connectivity index (χ0v) is 10.2. The lowest BCUT2D eigenvalue weighted by Crippen LogP contribution is -2.30. The van der Waals surface area contributed by atoms with Crippen molar-refractivity contribution in [2.45, 2.75) is 25.4 Å². The van der Waals surface area contributed by atoms with Gasteiger partial charge in [0.25, 0.3) is 0 Å². The number of carbonyl (C=O) groups is 2. The van der Waals surface area contributed by atoms with E-state index in [4.69, 9.17) is 11.6 Å². The molecule has 98 valence electrons. The van der Waals surface area contributed by atoms with Gasteiger partial charge >= 0.3 is 6.18 Å². The predicted octanol–water partition coefficient (Wildman–Crippen LogP) is 3.53. The first-order chi connectivity index (χ1) is 8.21. The summed E-state index contributed by atoms with van der Waals surface area (Å²) in [6.07, 6.45) is -5.43. The molecule has 0 aliphatic heterocycles. The SMILES string of the molecule is CC(=O)CC(C(=O)C(F)(F)F)c1ccc(Cl)cc1. The van der Waals surface area contributed by atoms with Gasteiger partial charge in [-0.25, -0.2) is 0 Å². The van der Waals surface area contributed by atoms with Crippen LogP contribution in [0, 0.1) is 0 Å². The fourth-order valence-electron chi connectivity index (χ4n) is 1.54. The third-order valence-corrected chi connectivity index (χ3v) is 2.61. The molecule has 0 radical (unpaired) electrons. The quantitative estimate of drug-likeness (QED) is 0.844. The lowest BCUT2D eigenvalue weighted by atomic mass is 9.90. The van der Waals surface area contributed by atoms with Crippen molar-refractivity contribution in [1.29, 1.82) is 0 Å². The fourth-order valence-corrected chi connectivity index (χ4v) is 1.67. The van der Waals surface area contributed by atoms with E-state index in [0.717, 1.165) is 6.92 Å². The van der Waals surface area contributed by atoms with Crippen LogP contribution in [0.5, 0.6) is 0 Å². The zero-order valence-electron chi connectivity index (χ0n) is 9.42. The van der Waals surface area contributed by atoms with Crippen molar-refractivity contribution >= 4 is 23.2 Å². The van der Waals surface area contributed by atoms with Crippen molar-refractivity contribution in [2.75, 3.05) is 0 Å². The normalized spacial score (nSPS) is 13.2. The van der Waals surface area contributed by atoms with E-state index in [2.05, 4.69) is 0 Å². The molecule has 0 saturated carbocycles. The smallest absolute Gasteiger partial charge is 0.300 e. The minimum atomic E-state index is -4.96. The van der Waals surface area contributed by atoms with Gasteiger partial charge in [-0.05, 0) is 24.6 Å². The highest BCUT2D eigenvalue weighted by Crippen LogP contribution is 2.30. The lowest BCUT2D eigenvalue weighted by Gasteiger charge is -2.16. The molecule has 0 N–H and O–H groups in total. The number of hydrogen-bond donors (Lipinski definition) is 0. The molecule has 0 aromatic heterocycles. The van der Waals surface area contributed by atoms with E-state index in [1.54, 1.807) is 0 Å². The first kappa shape index (κ1) is 14.7. The molecule has 0 aliphatic carbocycles. The van der Waals surface area contributed by atoms with E-state index >= 15 is 0 Å². The first-order valence-corrected chi connectivity index (χ1v) is 5.45. The fraction of sp³-hybridized carbons (Fsp3) is 0.333. The van der Waals surface area contributed by atoms with Crippen LogP contribution in [-0.4, -0.2) is 17.7 Å². The molecule has 1 unspecified atom stereocenters. The number of hydrogen-bond acceptors (Lipinski definition) is 2. The van der Waals surface area contributed by atoms with E-state index in [0.29, 0.717) is 5.02 Å². The Bertz CT molecular complexity index is 451. The number of rotatable bonds is 4. The van der Waals surface area contributed by atoms with Crippen LogP contribution in [0.1, 0.15) is 24.8 Å². The van der Waals surface area contributed by atoms with Crippen molar-refractivity contribution in [3.8, 4) is 0 Å². The van der Waals surface area contributed by atoms with Gasteiger partial charge in [0, 0.05) is 11.4 Å². The van der Waals surface area contributed by atoms with Gasteiger partial charge in [0.05, 0.1) is 5.92 Å². The van der Waals surface area contributed by atoms with Crippen LogP contribution in [0.15, 0.2) is 24.3 Å². The molecule has 18 heavy (non-hydrogen) atoms. The summed E-state index contributed by atoms with van der Waals surface area (Å²) in [5, 5.41) is 0.347. The average molecular weight is 279 g/mol. The summed E-state index contributed by atoms with van der Waals surface area (Å²) in [4.78, 5) is 22.3. The molecule has 1 aromatic rings. The number of benzene rings is 1. The maximum atomic E-state index is 12.4. The summed E-state index contributed by atoms with van der Waals surface area (Å²) in [7, 11) is 0. The molecule has 0 aliphatic rings. The van der Waals surface area contributed by atoms with Crippen LogP contribution in [0.4, 0.5) is 13.2 Å². The third-order valence-electron chi connectivity index (χ3n) is 2.36. The Labute approximate surface area is 107 Å². The first-order valence-electron chi connectivity index (χ1n) is 5.07. The van der Waals surface area contributed by atoms with E-state index in [-0.39, 0.29) is 5.56 Å². The van der Waals surface area contributed by atoms with Gasteiger partial charge in [0.2, 0.25) is 5.78 Å². The Balaban J connectivity index is 3.09. The molecule has 1 atom stereocenters. The molecule has 0 fully saturated rings. The lowest BCUT2D eigenvalue weighted by molar-refractivity contribution is -0.173. The van der Waals surface area contributed by atoms with E-state index < -0.39 is 30.1 Å². The van der Waals surface area contributed by atoms with Gasteiger partial charge in [-0.15, -0.1) is 0 Å². The minimum absolute atomic E-state index is 0.136. The van der Waals surface area contributed by atoms with Crippen molar-refractivity contribution in [3.05, 3.63) is 34.9 Å². The molecule has 0 spiro atoms. The Morgan fingerprint density at radius 1 is 1.22 bits per heavy atom. The summed E-state index contributed by atoms with van der Waals surface area (Å²) < 4.78 is 37.3. The maximum Gasteiger partial charge on any atom is 0.450 e. The van der Waals surface area contributed by atoms with Crippen molar-refractivity contribution in [2.24, 2.45) is 0 Å². The summed E-state index contributed by atoms with van der Waals surface area (Å²) >= 11 is 5.62. The van der Waals surface area contributed by atoms with Gasteiger partial charge in [-0.1, -0.05) is 23.7 Å². The van der Waals surface area contributed by atoms with Crippen LogP contribution < -0.4 is 0 Å². The van der Waals surface area contributed by atoms with Crippen LogP contribution >= 0.6 is 11.6 Å². The van der Waals surface area contributed by atoms with Crippen LogP contribution in [0.25, 0.3) is 0 Å². The van der Waals surface area contributed by atoms with Crippen LogP contribution in [0.2, 0.25) is 5.02 Å². The van der Waals surface area contributed by atoms with Gasteiger partial charge < -0.3 is 0 Å². The third kappa shape index (κ3) is 3.84. The molecule has 0 bridgehead atoms. The topological polar surface area (TPSA) is 34.1 Å². The summed E-state index contributed by atoms with van der Waals surface area (Å²) in [5.74, 6) is -3.90. The molecular formula is C12H10ClF3O2. The van der Waals surface area contributed by atoms with E-state index in [1.165, 1.54) is 24.3 Å². The molecule has 0 heterocycles.